The molecular weight excluding hydrogens is 288 g/mol. The minimum atomic E-state index is -0.630. The summed E-state index contributed by atoms with van der Waals surface area (Å²) in [5, 5.41) is 0. The van der Waals surface area contributed by atoms with Crippen LogP contribution in [0, 0.1) is 0 Å². The summed E-state index contributed by atoms with van der Waals surface area (Å²) in [6.07, 6.45) is -0.148. The van der Waals surface area contributed by atoms with Crippen molar-refractivity contribution in [3.05, 3.63) is 35.9 Å². The number of hydrogen-bond acceptors (Lipinski definition) is 4. The van der Waals surface area contributed by atoms with E-state index in [-0.39, 0.29) is 5.91 Å². The van der Waals surface area contributed by atoms with Gasteiger partial charge in [-0.2, -0.15) is 0 Å². The van der Waals surface area contributed by atoms with Crippen LogP contribution >= 0.6 is 12.2 Å². The van der Waals surface area contributed by atoms with Gasteiger partial charge in [-0.3, -0.25) is 4.79 Å². The Morgan fingerprint density at radius 1 is 1.29 bits per heavy atom. The molecule has 0 aliphatic rings. The normalized spacial score (nSPS) is 11.9. The molecule has 0 radical (unpaired) electrons. The zero-order valence-electron chi connectivity index (χ0n) is 12.5. The van der Waals surface area contributed by atoms with Crippen LogP contribution < -0.4 is 5.73 Å². The molecule has 1 amide bonds. The third-order valence-electron chi connectivity index (χ3n) is 3.07. The molecule has 0 fully saturated rings. The average Bonchev–Trinajstić information content (AvgIpc) is 2.49. The summed E-state index contributed by atoms with van der Waals surface area (Å²) in [6.45, 7) is 1.39. The molecule has 1 aromatic rings. The first kappa shape index (κ1) is 17.6. The highest BCUT2D eigenvalue weighted by Gasteiger charge is 2.25. The maximum atomic E-state index is 12.7. The molecule has 1 aromatic carbocycles. The lowest BCUT2D eigenvalue weighted by Gasteiger charge is -2.26. The van der Waals surface area contributed by atoms with Gasteiger partial charge < -0.3 is 20.1 Å². The molecule has 0 aliphatic carbocycles. The number of amides is 1. The molecule has 0 saturated carbocycles. The SMILES string of the molecule is COCCN(CCC(N)=S)C(=O)C(OC)c1ccccc1. The fourth-order valence-electron chi connectivity index (χ4n) is 1.95. The van der Waals surface area contributed by atoms with E-state index < -0.39 is 6.10 Å². The molecule has 21 heavy (non-hydrogen) atoms. The zero-order chi connectivity index (χ0) is 15.7. The number of nitrogens with zero attached hydrogens (tertiary/aromatic N) is 1. The van der Waals surface area contributed by atoms with Crippen molar-refractivity contribution in [1.29, 1.82) is 0 Å². The van der Waals surface area contributed by atoms with Gasteiger partial charge in [-0.15, -0.1) is 0 Å². The van der Waals surface area contributed by atoms with Gasteiger partial charge in [-0.1, -0.05) is 42.5 Å². The van der Waals surface area contributed by atoms with Crippen molar-refractivity contribution in [1.82, 2.24) is 4.90 Å². The summed E-state index contributed by atoms with van der Waals surface area (Å²) in [4.78, 5) is 14.7. The van der Waals surface area contributed by atoms with E-state index in [0.717, 1.165) is 5.56 Å². The third-order valence-corrected chi connectivity index (χ3v) is 3.27. The summed E-state index contributed by atoms with van der Waals surface area (Å²) >= 11 is 4.88. The maximum absolute atomic E-state index is 12.7. The number of hydrogen-bond donors (Lipinski definition) is 1. The van der Waals surface area contributed by atoms with Crippen LogP contribution in [0.4, 0.5) is 0 Å². The number of rotatable bonds is 9. The molecule has 2 N–H and O–H groups in total. The largest absolute Gasteiger partial charge is 0.393 e. The van der Waals surface area contributed by atoms with Crippen molar-refractivity contribution in [2.24, 2.45) is 5.73 Å². The highest BCUT2D eigenvalue weighted by molar-refractivity contribution is 7.80. The van der Waals surface area contributed by atoms with Crippen molar-refractivity contribution in [3.63, 3.8) is 0 Å². The van der Waals surface area contributed by atoms with E-state index in [9.17, 15) is 4.79 Å². The second kappa shape index (κ2) is 9.44. The number of methoxy groups -OCH3 is 2. The number of nitrogens with two attached hydrogens (primary N) is 1. The Kier molecular flexibility index (Phi) is 7.89. The highest BCUT2D eigenvalue weighted by Crippen LogP contribution is 2.19. The third kappa shape index (κ3) is 5.79. The Morgan fingerprint density at radius 3 is 2.48 bits per heavy atom. The lowest BCUT2D eigenvalue weighted by atomic mass is 10.1. The van der Waals surface area contributed by atoms with Crippen LogP contribution in [-0.2, 0) is 14.3 Å². The summed E-state index contributed by atoms with van der Waals surface area (Å²) in [5.41, 5.74) is 6.34. The van der Waals surface area contributed by atoms with E-state index in [4.69, 9.17) is 27.4 Å². The molecule has 116 valence electrons. The van der Waals surface area contributed by atoms with Crippen LogP contribution in [0.3, 0.4) is 0 Å². The van der Waals surface area contributed by atoms with Crippen molar-refractivity contribution in [2.45, 2.75) is 12.5 Å². The van der Waals surface area contributed by atoms with Crippen LogP contribution in [0.1, 0.15) is 18.1 Å². The van der Waals surface area contributed by atoms with Gasteiger partial charge in [-0.05, 0) is 5.56 Å². The first-order valence-electron chi connectivity index (χ1n) is 6.74. The van der Waals surface area contributed by atoms with E-state index in [1.165, 1.54) is 7.11 Å². The first-order chi connectivity index (χ1) is 10.1. The minimum Gasteiger partial charge on any atom is -0.393 e. The maximum Gasteiger partial charge on any atom is 0.256 e. The Morgan fingerprint density at radius 2 is 1.95 bits per heavy atom. The number of carbonyl (C=O) groups excluding carboxylic acids is 1. The summed E-state index contributed by atoms with van der Waals surface area (Å²) in [6, 6.07) is 9.39. The molecule has 5 nitrogen and oxygen atoms in total. The Labute approximate surface area is 131 Å². The van der Waals surface area contributed by atoms with Crippen molar-refractivity contribution >= 4 is 23.1 Å². The van der Waals surface area contributed by atoms with Gasteiger partial charge in [0.25, 0.3) is 5.91 Å². The van der Waals surface area contributed by atoms with E-state index >= 15 is 0 Å². The van der Waals surface area contributed by atoms with E-state index in [1.807, 2.05) is 30.3 Å². The number of ether oxygens (including phenoxy) is 2. The quantitative estimate of drug-likeness (QED) is 0.701. The smallest absolute Gasteiger partial charge is 0.256 e. The summed E-state index contributed by atoms with van der Waals surface area (Å²) in [5.74, 6) is -0.114. The van der Waals surface area contributed by atoms with Crippen LogP contribution in [0.2, 0.25) is 0 Å². The Balaban J connectivity index is 2.82. The molecule has 0 heterocycles. The predicted molar refractivity (Wildman–Crippen MR) is 86.1 cm³/mol. The molecule has 6 heteroatoms. The molecular formula is C15H22N2O3S. The molecule has 0 saturated heterocycles. The number of carbonyl (C=O) groups is 1. The lowest BCUT2D eigenvalue weighted by Crippen LogP contribution is -2.39. The van der Waals surface area contributed by atoms with E-state index in [2.05, 4.69) is 0 Å². The fraction of sp³-hybridized carbons (Fsp3) is 0.467. The van der Waals surface area contributed by atoms with Gasteiger partial charge in [0.2, 0.25) is 0 Å². The van der Waals surface area contributed by atoms with Gasteiger partial charge in [-0.25, -0.2) is 0 Å². The second-order valence-corrected chi connectivity index (χ2v) is 5.09. The molecule has 1 unspecified atom stereocenters. The fourth-order valence-corrected chi connectivity index (χ4v) is 2.04. The summed E-state index contributed by atoms with van der Waals surface area (Å²) < 4.78 is 10.4. The Hall–Kier alpha value is -1.50. The van der Waals surface area contributed by atoms with Crippen LogP contribution in [0.15, 0.2) is 30.3 Å². The zero-order valence-corrected chi connectivity index (χ0v) is 13.3. The molecule has 1 atom stereocenters. The number of thiocarbonyl (C=S) groups is 1. The second-order valence-electron chi connectivity index (χ2n) is 4.56. The highest BCUT2D eigenvalue weighted by atomic mass is 32.1. The van der Waals surface area contributed by atoms with Crippen LogP contribution in [-0.4, -0.2) is 49.7 Å². The van der Waals surface area contributed by atoms with Crippen LogP contribution in [0.25, 0.3) is 0 Å². The molecule has 1 rings (SSSR count). The summed E-state index contributed by atoms with van der Waals surface area (Å²) in [7, 11) is 3.12. The molecule has 0 aliphatic heterocycles. The van der Waals surface area contributed by atoms with E-state index in [1.54, 1.807) is 12.0 Å². The minimum absolute atomic E-state index is 0.114. The van der Waals surface area contributed by atoms with Crippen molar-refractivity contribution in [3.8, 4) is 0 Å². The monoisotopic (exact) mass is 310 g/mol. The first-order valence-corrected chi connectivity index (χ1v) is 7.14. The predicted octanol–water partition coefficient (Wildman–Crippen LogP) is 1.53. The Bertz CT molecular complexity index is 453. The van der Waals surface area contributed by atoms with Gasteiger partial charge in [0.05, 0.1) is 11.6 Å². The van der Waals surface area contributed by atoms with Gasteiger partial charge in [0, 0.05) is 33.7 Å². The lowest BCUT2D eigenvalue weighted by molar-refractivity contribution is -0.143. The van der Waals surface area contributed by atoms with E-state index in [0.29, 0.717) is 31.1 Å². The average molecular weight is 310 g/mol. The number of benzene rings is 1. The van der Waals surface area contributed by atoms with Crippen molar-refractivity contribution in [2.75, 3.05) is 33.9 Å². The topological polar surface area (TPSA) is 64.8 Å². The van der Waals surface area contributed by atoms with Gasteiger partial charge in [0.15, 0.2) is 6.10 Å². The standard InChI is InChI=1S/C15H22N2O3S/c1-19-11-10-17(9-8-13(16)21)15(18)14(20-2)12-6-4-3-5-7-12/h3-7,14H,8-11H2,1-2H3,(H2,16,21). The van der Waals surface area contributed by atoms with Gasteiger partial charge in [0.1, 0.15) is 0 Å². The molecule has 0 bridgehead atoms. The van der Waals surface area contributed by atoms with Crippen LogP contribution in [0.5, 0.6) is 0 Å². The molecule has 0 spiro atoms. The van der Waals surface area contributed by atoms with Gasteiger partial charge >= 0.3 is 0 Å². The van der Waals surface area contributed by atoms with Crippen molar-refractivity contribution < 1.29 is 14.3 Å². The molecule has 0 aromatic heterocycles.